The fraction of sp³-hybridized carbons (Fsp3) is 0.400. The number of nitrogens with zero attached hydrogens (tertiary/aromatic N) is 1. The van der Waals surface area contributed by atoms with Crippen LogP contribution in [0.2, 0.25) is 0 Å². The van der Waals surface area contributed by atoms with Gasteiger partial charge in [-0.3, -0.25) is 4.79 Å². The van der Waals surface area contributed by atoms with Crippen molar-refractivity contribution in [1.29, 1.82) is 0 Å². The first kappa shape index (κ1) is 9.83. The first-order chi connectivity index (χ1) is 4.66. The van der Waals surface area contributed by atoms with Gasteiger partial charge in [-0.15, -0.1) is 4.48 Å². The number of rotatable bonds is 4. The van der Waals surface area contributed by atoms with Crippen LogP contribution >= 0.6 is 22.9 Å². The van der Waals surface area contributed by atoms with Crippen molar-refractivity contribution in [3.8, 4) is 0 Å². The van der Waals surface area contributed by atoms with Crippen molar-refractivity contribution in [3.63, 3.8) is 0 Å². The minimum absolute atomic E-state index is 0.181. The molecule has 10 heavy (non-hydrogen) atoms. The summed E-state index contributed by atoms with van der Waals surface area (Å²) < 4.78 is 12.4. The molecule has 0 saturated carbocycles. The second kappa shape index (κ2) is 5.60. The van der Waals surface area contributed by atoms with Crippen molar-refractivity contribution in [1.82, 2.24) is 8.65 Å². The summed E-state index contributed by atoms with van der Waals surface area (Å²) in [5.74, 6) is -0.279. The van der Waals surface area contributed by atoms with Crippen molar-refractivity contribution in [2.45, 2.75) is 0 Å². The van der Waals surface area contributed by atoms with Gasteiger partial charge in [-0.25, -0.2) is 0 Å². The van der Waals surface area contributed by atoms with Gasteiger partial charge in [-0.1, -0.05) is 9.91 Å². The minimum atomic E-state index is -0.279. The molecule has 5 heteroatoms. The van der Waals surface area contributed by atoms with Crippen LogP contribution in [0, 0.1) is 0 Å². The van der Waals surface area contributed by atoms with Crippen LogP contribution in [0.1, 0.15) is 0 Å². The summed E-state index contributed by atoms with van der Waals surface area (Å²) in [5.41, 5.74) is 0. The summed E-state index contributed by atoms with van der Waals surface area (Å²) in [6.45, 7) is 3.71. The normalized spacial score (nSPS) is 9.50. The molecule has 0 spiro atoms. The second-order valence-electron chi connectivity index (χ2n) is 1.52. The number of carbonyl (C=O) groups excluding carboxylic acids is 1. The van der Waals surface area contributed by atoms with E-state index in [1.807, 2.05) is 0 Å². The molecule has 0 aromatic rings. The molecule has 3 nitrogen and oxygen atoms in total. The van der Waals surface area contributed by atoms with Gasteiger partial charge in [0.25, 0.3) is 0 Å². The fourth-order valence-corrected chi connectivity index (χ4v) is 0.577. The smallest absolute Gasteiger partial charge is 0.243 e. The van der Waals surface area contributed by atoms with E-state index in [1.165, 1.54) is 22.9 Å². The highest BCUT2D eigenvalue weighted by Gasteiger charge is 1.96. The Kier molecular flexibility index (Phi) is 5.51. The molecule has 0 bridgehead atoms. The Bertz CT molecular complexity index is 129. The number of carbonyl (C=O) groups is 1. The number of nitrogens with one attached hydrogen (secondary N) is 1. The Balaban J connectivity index is 3.19. The topological polar surface area (TPSA) is 32.3 Å². The molecule has 0 radical (unpaired) electrons. The van der Waals surface area contributed by atoms with E-state index >= 15 is 0 Å². The third-order valence-corrected chi connectivity index (χ3v) is 1.25. The Labute approximate surface area is 72.7 Å². The van der Waals surface area contributed by atoms with Crippen molar-refractivity contribution in [2.75, 3.05) is 13.1 Å². The molecule has 0 aromatic carbocycles. The first-order valence-corrected chi connectivity index (χ1v) is 3.62. The van der Waals surface area contributed by atoms with Crippen LogP contribution in [-0.2, 0) is 4.79 Å². The molecule has 1 amide bonds. The van der Waals surface area contributed by atoms with Crippen LogP contribution in [0.4, 0.5) is 4.48 Å². The maximum absolute atomic E-state index is 11.9. The lowest BCUT2D eigenvalue weighted by atomic mass is 10.5. The summed E-state index contributed by atoms with van der Waals surface area (Å²) in [6, 6.07) is 0. The molecule has 0 fully saturated rings. The Hall–Kier alpha value is -0.170. The van der Waals surface area contributed by atoms with Crippen LogP contribution in [0.25, 0.3) is 0 Å². The van der Waals surface area contributed by atoms with Gasteiger partial charge >= 0.3 is 0 Å². The molecule has 0 saturated heterocycles. The quantitative estimate of drug-likeness (QED) is 0.460. The van der Waals surface area contributed by atoms with Crippen LogP contribution < -0.4 is 5.32 Å². The summed E-state index contributed by atoms with van der Waals surface area (Å²) >= 11 is 1.49. The fourth-order valence-electron chi connectivity index (χ4n) is 0.336. The van der Waals surface area contributed by atoms with E-state index in [0.29, 0.717) is 9.88 Å². The average Bonchev–Trinajstić information content (AvgIpc) is 1.87. The van der Waals surface area contributed by atoms with E-state index in [2.05, 4.69) is 11.9 Å². The lowest BCUT2D eigenvalue weighted by molar-refractivity contribution is -0.116. The van der Waals surface area contributed by atoms with Crippen molar-refractivity contribution >= 4 is 28.8 Å². The Morgan fingerprint density at radius 3 is 2.90 bits per heavy atom. The first-order valence-electron chi connectivity index (χ1n) is 2.66. The SMILES string of the molecule is C=CC(=O)NCCN(F)I. The van der Waals surface area contributed by atoms with E-state index in [1.54, 1.807) is 0 Å². The van der Waals surface area contributed by atoms with Gasteiger partial charge in [0.1, 0.15) is 0 Å². The van der Waals surface area contributed by atoms with E-state index in [0.717, 1.165) is 6.08 Å². The zero-order valence-electron chi connectivity index (χ0n) is 5.31. The largest absolute Gasteiger partial charge is 0.351 e. The van der Waals surface area contributed by atoms with Crippen LogP contribution in [0.3, 0.4) is 0 Å². The summed E-state index contributed by atoms with van der Waals surface area (Å²) in [6.07, 6.45) is 1.15. The monoisotopic (exact) mass is 258 g/mol. The van der Waals surface area contributed by atoms with Crippen LogP contribution in [-0.4, -0.2) is 22.3 Å². The van der Waals surface area contributed by atoms with Crippen LogP contribution in [0.5, 0.6) is 0 Å². The molecule has 0 rings (SSSR count). The molecule has 0 unspecified atom stereocenters. The predicted molar refractivity (Wildman–Crippen MR) is 45.0 cm³/mol. The molecule has 1 N–H and O–H groups in total. The van der Waals surface area contributed by atoms with Gasteiger partial charge < -0.3 is 5.32 Å². The number of halogens is 2. The van der Waals surface area contributed by atoms with Gasteiger partial charge in [0.05, 0.1) is 29.4 Å². The number of hydrogen-bond donors (Lipinski definition) is 1. The standard InChI is InChI=1S/C5H8FIN2O/c1-2-5(10)8-3-4-9(6)7/h2H,1,3-4H2,(H,8,10). The maximum Gasteiger partial charge on any atom is 0.243 e. The lowest BCUT2D eigenvalue weighted by Crippen LogP contribution is -2.26. The Morgan fingerprint density at radius 1 is 1.90 bits per heavy atom. The third-order valence-electron chi connectivity index (χ3n) is 0.765. The summed E-state index contributed by atoms with van der Waals surface area (Å²) in [5, 5.41) is 2.42. The maximum atomic E-state index is 11.9. The average molecular weight is 258 g/mol. The second-order valence-corrected chi connectivity index (χ2v) is 2.57. The lowest BCUT2D eigenvalue weighted by Gasteiger charge is -2.02. The molecule has 0 aliphatic rings. The van der Waals surface area contributed by atoms with Crippen LogP contribution in [0.15, 0.2) is 12.7 Å². The highest BCUT2D eigenvalue weighted by atomic mass is 127. The molecule has 58 valence electrons. The minimum Gasteiger partial charge on any atom is -0.351 e. The molecular weight excluding hydrogens is 250 g/mol. The highest BCUT2D eigenvalue weighted by molar-refractivity contribution is 14.1. The summed E-state index contributed by atoms with van der Waals surface area (Å²) in [4.78, 5) is 10.4. The van der Waals surface area contributed by atoms with E-state index in [9.17, 15) is 9.28 Å². The van der Waals surface area contributed by atoms with Crippen molar-refractivity contribution < 1.29 is 9.28 Å². The van der Waals surface area contributed by atoms with E-state index in [-0.39, 0.29) is 12.5 Å². The van der Waals surface area contributed by atoms with Gasteiger partial charge in [0, 0.05) is 6.54 Å². The predicted octanol–water partition coefficient (Wildman–Crippen LogP) is 0.825. The van der Waals surface area contributed by atoms with Gasteiger partial charge in [-0.05, 0) is 6.08 Å². The molecule has 0 heterocycles. The third kappa shape index (κ3) is 5.96. The van der Waals surface area contributed by atoms with Crippen molar-refractivity contribution in [3.05, 3.63) is 12.7 Å². The van der Waals surface area contributed by atoms with Gasteiger partial charge in [-0.2, -0.15) is 0 Å². The molecule has 0 aliphatic carbocycles. The zero-order valence-corrected chi connectivity index (χ0v) is 7.47. The van der Waals surface area contributed by atoms with Gasteiger partial charge in [0.15, 0.2) is 0 Å². The summed E-state index contributed by atoms with van der Waals surface area (Å²) in [7, 11) is 0. The van der Waals surface area contributed by atoms with Crippen molar-refractivity contribution in [2.24, 2.45) is 0 Å². The Morgan fingerprint density at radius 2 is 2.50 bits per heavy atom. The zero-order chi connectivity index (χ0) is 7.98. The van der Waals surface area contributed by atoms with E-state index in [4.69, 9.17) is 0 Å². The molecule has 0 aromatic heterocycles. The van der Waals surface area contributed by atoms with Gasteiger partial charge in [0.2, 0.25) is 5.91 Å². The van der Waals surface area contributed by atoms with E-state index < -0.39 is 0 Å². The molecule has 0 aliphatic heterocycles. The molecular formula is C5H8FIN2O. The highest BCUT2D eigenvalue weighted by Crippen LogP contribution is 1.94. The molecule has 0 atom stereocenters. The number of amides is 1. The number of hydrogen-bond acceptors (Lipinski definition) is 2.